The van der Waals surface area contributed by atoms with Gasteiger partial charge in [-0.3, -0.25) is 9.10 Å². The summed E-state index contributed by atoms with van der Waals surface area (Å²) in [4.78, 5) is 18.0. The van der Waals surface area contributed by atoms with Crippen molar-refractivity contribution in [3.63, 3.8) is 0 Å². The van der Waals surface area contributed by atoms with Gasteiger partial charge in [-0.05, 0) is 79.1 Å². The van der Waals surface area contributed by atoms with Gasteiger partial charge in [0, 0.05) is 11.3 Å². The van der Waals surface area contributed by atoms with Crippen molar-refractivity contribution in [3.05, 3.63) is 108 Å². The van der Waals surface area contributed by atoms with Gasteiger partial charge in [0.1, 0.15) is 11.6 Å². The van der Waals surface area contributed by atoms with E-state index in [2.05, 4.69) is 18.3 Å². The number of carbonyl (C=O) groups is 1. The molecule has 0 bridgehead atoms. The SMILES string of the molecule is CCc1ccccc1N(CC(=O)Nc1ccc(-c2nc3ccc(C)cc3s2)cc1)S(=O)(=O)c1ccccc1. The third kappa shape index (κ3) is 5.32. The number of aromatic nitrogens is 1. The number of carbonyl (C=O) groups excluding carboxylic acids is 1. The van der Waals surface area contributed by atoms with Crippen molar-refractivity contribution in [1.29, 1.82) is 0 Å². The normalized spacial score (nSPS) is 11.4. The molecule has 0 saturated carbocycles. The Balaban J connectivity index is 1.38. The molecule has 0 saturated heterocycles. The molecule has 0 aliphatic rings. The predicted octanol–water partition coefficient (Wildman–Crippen LogP) is 6.67. The van der Waals surface area contributed by atoms with E-state index in [0.29, 0.717) is 17.8 Å². The number of nitrogens with zero attached hydrogens (tertiary/aromatic N) is 2. The predicted molar refractivity (Wildman–Crippen MR) is 155 cm³/mol. The van der Waals surface area contributed by atoms with Crippen LogP contribution in [0.15, 0.2) is 102 Å². The summed E-state index contributed by atoms with van der Waals surface area (Å²) in [6.45, 7) is 3.66. The van der Waals surface area contributed by atoms with Gasteiger partial charge in [-0.2, -0.15) is 0 Å². The second-order valence-electron chi connectivity index (χ2n) is 8.92. The standard InChI is InChI=1S/C30H27N3O3S2/c1-3-22-9-7-8-12-27(22)33(38(35,36)25-10-5-4-6-11-25)20-29(34)31-24-16-14-23(15-17-24)30-32-26-18-13-21(2)19-28(26)37-30/h4-19H,3,20H2,1-2H3,(H,31,34). The molecule has 0 unspecified atom stereocenters. The van der Waals surface area contributed by atoms with Crippen molar-refractivity contribution in [2.24, 2.45) is 0 Å². The molecular formula is C30H27N3O3S2. The van der Waals surface area contributed by atoms with E-state index in [0.717, 1.165) is 26.4 Å². The molecule has 5 aromatic rings. The first-order chi connectivity index (χ1) is 18.3. The molecule has 6 nitrogen and oxygen atoms in total. The maximum Gasteiger partial charge on any atom is 0.264 e. The monoisotopic (exact) mass is 541 g/mol. The van der Waals surface area contributed by atoms with Gasteiger partial charge < -0.3 is 5.32 Å². The Morgan fingerprint density at radius 3 is 2.37 bits per heavy atom. The average molecular weight is 542 g/mol. The molecule has 0 aliphatic heterocycles. The van der Waals surface area contributed by atoms with Gasteiger partial charge >= 0.3 is 0 Å². The summed E-state index contributed by atoms with van der Waals surface area (Å²) in [7, 11) is -3.97. The van der Waals surface area contributed by atoms with E-state index in [-0.39, 0.29) is 11.4 Å². The highest BCUT2D eigenvalue weighted by Crippen LogP contribution is 2.32. The van der Waals surface area contributed by atoms with Gasteiger partial charge in [-0.1, -0.05) is 49.4 Å². The number of amides is 1. The summed E-state index contributed by atoms with van der Waals surface area (Å²) >= 11 is 1.62. The first-order valence-electron chi connectivity index (χ1n) is 12.3. The maximum absolute atomic E-state index is 13.6. The van der Waals surface area contributed by atoms with Crippen molar-refractivity contribution < 1.29 is 13.2 Å². The zero-order chi connectivity index (χ0) is 26.7. The van der Waals surface area contributed by atoms with E-state index in [4.69, 9.17) is 4.98 Å². The van der Waals surface area contributed by atoms with Gasteiger partial charge in [0.15, 0.2) is 0 Å². The van der Waals surface area contributed by atoms with Crippen molar-refractivity contribution in [1.82, 2.24) is 4.98 Å². The highest BCUT2D eigenvalue weighted by molar-refractivity contribution is 7.92. The highest BCUT2D eigenvalue weighted by atomic mass is 32.2. The molecule has 0 spiro atoms. The third-order valence-electron chi connectivity index (χ3n) is 6.22. The van der Waals surface area contributed by atoms with Crippen LogP contribution < -0.4 is 9.62 Å². The number of benzene rings is 4. The van der Waals surface area contributed by atoms with Crippen LogP contribution in [0.3, 0.4) is 0 Å². The Hall–Kier alpha value is -4.01. The lowest BCUT2D eigenvalue weighted by atomic mass is 10.1. The molecule has 1 amide bonds. The lowest BCUT2D eigenvalue weighted by molar-refractivity contribution is -0.114. The van der Waals surface area contributed by atoms with E-state index in [1.54, 1.807) is 53.8 Å². The van der Waals surface area contributed by atoms with Crippen LogP contribution >= 0.6 is 11.3 Å². The number of anilines is 2. The number of hydrogen-bond donors (Lipinski definition) is 1. The molecule has 5 rings (SSSR count). The van der Waals surface area contributed by atoms with E-state index in [1.165, 1.54) is 22.0 Å². The summed E-state index contributed by atoms with van der Waals surface area (Å²) in [5.74, 6) is -0.432. The molecule has 38 heavy (non-hydrogen) atoms. The van der Waals surface area contributed by atoms with Gasteiger partial charge in [-0.15, -0.1) is 11.3 Å². The molecule has 0 fully saturated rings. The van der Waals surface area contributed by atoms with E-state index in [1.807, 2.05) is 43.3 Å². The summed E-state index contributed by atoms with van der Waals surface area (Å²) in [5.41, 5.74) is 5.02. The fourth-order valence-electron chi connectivity index (χ4n) is 4.25. The smallest absolute Gasteiger partial charge is 0.264 e. The minimum absolute atomic E-state index is 0.133. The number of aryl methyl sites for hydroxylation is 2. The van der Waals surface area contributed by atoms with Crippen LogP contribution in [0.4, 0.5) is 11.4 Å². The second-order valence-corrected chi connectivity index (χ2v) is 11.8. The lowest BCUT2D eigenvalue weighted by Gasteiger charge is -2.26. The summed E-state index contributed by atoms with van der Waals surface area (Å²) in [6.07, 6.45) is 0.630. The number of nitrogens with one attached hydrogen (secondary N) is 1. The van der Waals surface area contributed by atoms with Crippen molar-refractivity contribution in [3.8, 4) is 10.6 Å². The minimum Gasteiger partial charge on any atom is -0.325 e. The van der Waals surface area contributed by atoms with Crippen LogP contribution in [0.25, 0.3) is 20.8 Å². The second kappa shape index (κ2) is 10.8. The van der Waals surface area contributed by atoms with Crippen LogP contribution in [0.1, 0.15) is 18.1 Å². The molecule has 1 aromatic heterocycles. The Morgan fingerprint density at radius 2 is 1.63 bits per heavy atom. The molecule has 1 N–H and O–H groups in total. The first kappa shape index (κ1) is 25.6. The molecule has 0 atom stereocenters. The highest BCUT2D eigenvalue weighted by Gasteiger charge is 2.28. The zero-order valence-electron chi connectivity index (χ0n) is 21.1. The van der Waals surface area contributed by atoms with Gasteiger partial charge in [0.25, 0.3) is 10.0 Å². The summed E-state index contributed by atoms with van der Waals surface area (Å²) in [5, 5.41) is 3.76. The van der Waals surface area contributed by atoms with E-state index < -0.39 is 15.9 Å². The van der Waals surface area contributed by atoms with Crippen LogP contribution in [0.2, 0.25) is 0 Å². The largest absolute Gasteiger partial charge is 0.325 e. The number of fused-ring (bicyclic) bond motifs is 1. The van der Waals surface area contributed by atoms with Gasteiger partial charge in [-0.25, -0.2) is 13.4 Å². The van der Waals surface area contributed by atoms with Gasteiger partial charge in [0.05, 0.1) is 20.8 Å². The Bertz CT molecular complexity index is 1700. The lowest BCUT2D eigenvalue weighted by Crippen LogP contribution is -2.38. The molecule has 0 aliphatic carbocycles. The number of rotatable bonds is 8. The van der Waals surface area contributed by atoms with Gasteiger partial charge in [0.2, 0.25) is 5.91 Å². The number of thiazole rings is 1. The van der Waals surface area contributed by atoms with E-state index in [9.17, 15) is 13.2 Å². The van der Waals surface area contributed by atoms with E-state index >= 15 is 0 Å². The zero-order valence-corrected chi connectivity index (χ0v) is 22.7. The minimum atomic E-state index is -3.97. The Morgan fingerprint density at radius 1 is 0.921 bits per heavy atom. The molecule has 192 valence electrons. The molecule has 4 aromatic carbocycles. The fourth-order valence-corrected chi connectivity index (χ4v) is 6.80. The quantitative estimate of drug-likeness (QED) is 0.238. The summed E-state index contributed by atoms with van der Waals surface area (Å²) in [6, 6.07) is 29.1. The average Bonchev–Trinajstić information content (AvgIpc) is 3.36. The number of hydrogen-bond acceptors (Lipinski definition) is 5. The van der Waals surface area contributed by atoms with Crippen LogP contribution in [0.5, 0.6) is 0 Å². The van der Waals surface area contributed by atoms with Crippen molar-refractivity contribution in [2.45, 2.75) is 25.2 Å². The Labute approximate surface area is 226 Å². The maximum atomic E-state index is 13.6. The van der Waals surface area contributed by atoms with Crippen LogP contribution in [0, 0.1) is 6.92 Å². The fraction of sp³-hybridized carbons (Fsp3) is 0.133. The van der Waals surface area contributed by atoms with Crippen molar-refractivity contribution >= 4 is 48.9 Å². The van der Waals surface area contributed by atoms with Crippen LogP contribution in [-0.2, 0) is 21.2 Å². The molecule has 8 heteroatoms. The van der Waals surface area contributed by atoms with Crippen molar-refractivity contribution in [2.75, 3.05) is 16.2 Å². The number of para-hydroxylation sites is 1. The topological polar surface area (TPSA) is 79.4 Å². The first-order valence-corrected chi connectivity index (χ1v) is 14.5. The summed E-state index contributed by atoms with van der Waals surface area (Å²) < 4.78 is 29.6. The Kier molecular flexibility index (Phi) is 7.26. The van der Waals surface area contributed by atoms with Crippen LogP contribution in [-0.4, -0.2) is 25.9 Å². The molecule has 0 radical (unpaired) electrons. The number of sulfonamides is 1. The molecular weight excluding hydrogens is 514 g/mol. The third-order valence-corrected chi connectivity index (χ3v) is 9.06. The molecule has 1 heterocycles.